The van der Waals surface area contributed by atoms with Crippen LogP contribution in [0.25, 0.3) is 0 Å². The topological polar surface area (TPSA) is 26.0 Å². The highest BCUT2D eigenvalue weighted by Gasteiger charge is 2.28. The van der Waals surface area contributed by atoms with E-state index in [1.165, 1.54) is 56.9 Å². The van der Waals surface area contributed by atoms with Crippen LogP contribution in [0.15, 0.2) is 30.3 Å². The molecule has 94 valence electrons. The Labute approximate surface area is 105 Å². The lowest BCUT2D eigenvalue weighted by molar-refractivity contribution is 0.233. The van der Waals surface area contributed by atoms with Gasteiger partial charge < -0.3 is 5.73 Å². The van der Waals surface area contributed by atoms with Gasteiger partial charge in [-0.25, -0.2) is 0 Å². The highest BCUT2D eigenvalue weighted by Crippen LogP contribution is 2.38. The molecule has 0 unspecified atom stereocenters. The summed E-state index contributed by atoms with van der Waals surface area (Å²) >= 11 is 0. The van der Waals surface area contributed by atoms with Crippen molar-refractivity contribution in [2.75, 3.05) is 6.54 Å². The van der Waals surface area contributed by atoms with Crippen molar-refractivity contribution in [2.24, 2.45) is 11.1 Å². The zero-order valence-electron chi connectivity index (χ0n) is 10.8. The van der Waals surface area contributed by atoms with Crippen LogP contribution >= 0.6 is 0 Å². The molecule has 0 radical (unpaired) electrons. The van der Waals surface area contributed by atoms with Gasteiger partial charge >= 0.3 is 0 Å². The van der Waals surface area contributed by atoms with Gasteiger partial charge in [0.25, 0.3) is 0 Å². The van der Waals surface area contributed by atoms with E-state index in [0.29, 0.717) is 5.41 Å². The van der Waals surface area contributed by atoms with Gasteiger partial charge in [-0.2, -0.15) is 0 Å². The van der Waals surface area contributed by atoms with Crippen molar-refractivity contribution in [1.29, 1.82) is 0 Å². The average Bonchev–Trinajstić information content (AvgIpc) is 2.64. The summed E-state index contributed by atoms with van der Waals surface area (Å²) in [6.07, 6.45) is 10.7. The highest BCUT2D eigenvalue weighted by atomic mass is 14.6. The second-order valence-corrected chi connectivity index (χ2v) is 5.60. The molecule has 1 aliphatic rings. The van der Waals surface area contributed by atoms with Gasteiger partial charge in [0, 0.05) is 0 Å². The number of rotatable bonds is 4. The largest absolute Gasteiger partial charge is 0.330 e. The smallest absolute Gasteiger partial charge is 0.00204 e. The Morgan fingerprint density at radius 2 is 1.59 bits per heavy atom. The monoisotopic (exact) mass is 231 g/mol. The van der Waals surface area contributed by atoms with E-state index < -0.39 is 0 Å². The molecule has 2 N–H and O–H groups in total. The molecular formula is C16H25N. The molecule has 2 rings (SSSR count). The first-order valence-electron chi connectivity index (χ1n) is 7.09. The fraction of sp³-hybridized carbons (Fsp3) is 0.625. The third-order valence-corrected chi connectivity index (χ3v) is 4.38. The fourth-order valence-electron chi connectivity index (χ4n) is 3.09. The van der Waals surface area contributed by atoms with Crippen LogP contribution < -0.4 is 5.73 Å². The molecule has 1 fully saturated rings. The molecule has 1 saturated carbocycles. The number of aryl methyl sites for hydroxylation is 1. The lowest BCUT2D eigenvalue weighted by Gasteiger charge is -2.31. The third-order valence-electron chi connectivity index (χ3n) is 4.38. The van der Waals surface area contributed by atoms with Crippen LogP contribution in [0.3, 0.4) is 0 Å². The maximum absolute atomic E-state index is 6.07. The van der Waals surface area contributed by atoms with Gasteiger partial charge in [-0.1, -0.05) is 56.0 Å². The van der Waals surface area contributed by atoms with Gasteiger partial charge in [0.15, 0.2) is 0 Å². The number of hydrogen-bond acceptors (Lipinski definition) is 1. The predicted molar refractivity (Wildman–Crippen MR) is 74.0 cm³/mol. The Balaban J connectivity index is 1.94. The average molecular weight is 231 g/mol. The first kappa shape index (κ1) is 12.6. The Bertz CT molecular complexity index is 310. The molecule has 1 aromatic rings. The van der Waals surface area contributed by atoms with Crippen molar-refractivity contribution in [3.8, 4) is 0 Å². The minimum atomic E-state index is 0.437. The molecule has 1 aromatic carbocycles. The fourth-order valence-corrected chi connectivity index (χ4v) is 3.09. The van der Waals surface area contributed by atoms with Crippen LogP contribution in [0.5, 0.6) is 0 Å². The molecule has 17 heavy (non-hydrogen) atoms. The summed E-state index contributed by atoms with van der Waals surface area (Å²) in [7, 11) is 0. The van der Waals surface area contributed by atoms with Crippen LogP contribution in [0.1, 0.15) is 50.5 Å². The van der Waals surface area contributed by atoms with E-state index in [1.54, 1.807) is 0 Å². The Morgan fingerprint density at radius 3 is 2.18 bits per heavy atom. The van der Waals surface area contributed by atoms with Crippen LogP contribution in [-0.2, 0) is 6.42 Å². The van der Waals surface area contributed by atoms with E-state index in [-0.39, 0.29) is 0 Å². The SMILES string of the molecule is NCC1(CCc2ccccc2)CCCCCC1. The molecule has 0 aromatic heterocycles. The molecule has 1 aliphatic carbocycles. The zero-order chi connectivity index (χ0) is 12.0. The quantitative estimate of drug-likeness (QED) is 0.781. The Morgan fingerprint density at radius 1 is 0.941 bits per heavy atom. The summed E-state index contributed by atoms with van der Waals surface area (Å²) in [6, 6.07) is 10.8. The number of hydrogen-bond donors (Lipinski definition) is 1. The predicted octanol–water partition coefficient (Wildman–Crippen LogP) is 3.92. The molecule has 0 aliphatic heterocycles. The van der Waals surface area contributed by atoms with Crippen LogP contribution in [0, 0.1) is 5.41 Å². The van der Waals surface area contributed by atoms with Gasteiger partial charge in [-0.3, -0.25) is 0 Å². The van der Waals surface area contributed by atoms with Crippen LogP contribution in [-0.4, -0.2) is 6.54 Å². The summed E-state index contributed by atoms with van der Waals surface area (Å²) in [5, 5.41) is 0. The molecule has 0 amide bonds. The van der Waals surface area contributed by atoms with Crippen LogP contribution in [0.2, 0.25) is 0 Å². The van der Waals surface area contributed by atoms with E-state index in [0.717, 1.165) is 6.54 Å². The highest BCUT2D eigenvalue weighted by molar-refractivity contribution is 5.15. The van der Waals surface area contributed by atoms with Gasteiger partial charge in [0.2, 0.25) is 0 Å². The normalized spacial score (nSPS) is 19.8. The number of benzene rings is 1. The summed E-state index contributed by atoms with van der Waals surface area (Å²) in [4.78, 5) is 0. The minimum absolute atomic E-state index is 0.437. The summed E-state index contributed by atoms with van der Waals surface area (Å²) < 4.78 is 0. The zero-order valence-corrected chi connectivity index (χ0v) is 10.8. The standard InChI is InChI=1S/C16H25N/c17-14-16(11-6-1-2-7-12-16)13-10-15-8-4-3-5-9-15/h3-5,8-9H,1-2,6-7,10-14,17H2. The van der Waals surface area contributed by atoms with Gasteiger partial charge in [0.05, 0.1) is 0 Å². The molecule has 0 atom stereocenters. The van der Waals surface area contributed by atoms with Gasteiger partial charge in [-0.15, -0.1) is 0 Å². The third kappa shape index (κ3) is 3.57. The van der Waals surface area contributed by atoms with Gasteiger partial charge in [0.1, 0.15) is 0 Å². The summed E-state index contributed by atoms with van der Waals surface area (Å²) in [5.74, 6) is 0. The summed E-state index contributed by atoms with van der Waals surface area (Å²) in [6.45, 7) is 0.875. The lowest BCUT2D eigenvalue weighted by atomic mass is 9.76. The molecule has 0 saturated heterocycles. The first-order valence-corrected chi connectivity index (χ1v) is 7.09. The van der Waals surface area contributed by atoms with Crippen molar-refractivity contribution in [2.45, 2.75) is 51.4 Å². The van der Waals surface area contributed by atoms with Crippen molar-refractivity contribution >= 4 is 0 Å². The van der Waals surface area contributed by atoms with Crippen molar-refractivity contribution in [3.63, 3.8) is 0 Å². The van der Waals surface area contributed by atoms with Gasteiger partial charge in [-0.05, 0) is 43.2 Å². The lowest BCUT2D eigenvalue weighted by Crippen LogP contribution is -2.30. The van der Waals surface area contributed by atoms with Crippen LogP contribution in [0.4, 0.5) is 0 Å². The van der Waals surface area contributed by atoms with E-state index >= 15 is 0 Å². The van der Waals surface area contributed by atoms with Crippen molar-refractivity contribution in [1.82, 2.24) is 0 Å². The van der Waals surface area contributed by atoms with E-state index in [9.17, 15) is 0 Å². The molecule has 0 heterocycles. The Kier molecular flexibility index (Phi) is 4.61. The maximum atomic E-state index is 6.07. The number of nitrogens with two attached hydrogens (primary N) is 1. The first-order chi connectivity index (χ1) is 8.35. The second kappa shape index (κ2) is 6.20. The molecule has 0 spiro atoms. The summed E-state index contributed by atoms with van der Waals surface area (Å²) in [5.41, 5.74) is 7.97. The minimum Gasteiger partial charge on any atom is -0.330 e. The molecule has 0 bridgehead atoms. The molecular weight excluding hydrogens is 206 g/mol. The van der Waals surface area contributed by atoms with E-state index in [2.05, 4.69) is 30.3 Å². The maximum Gasteiger partial charge on any atom is -0.00204 e. The molecule has 1 nitrogen and oxygen atoms in total. The van der Waals surface area contributed by atoms with E-state index in [1.807, 2.05) is 0 Å². The van der Waals surface area contributed by atoms with E-state index in [4.69, 9.17) is 5.73 Å². The second-order valence-electron chi connectivity index (χ2n) is 5.60. The Hall–Kier alpha value is -0.820. The van der Waals surface area contributed by atoms with Crippen molar-refractivity contribution in [3.05, 3.63) is 35.9 Å². The van der Waals surface area contributed by atoms with Crippen molar-refractivity contribution < 1.29 is 0 Å². The molecule has 1 heteroatoms.